The highest BCUT2D eigenvalue weighted by Crippen LogP contribution is 2.22. The summed E-state index contributed by atoms with van der Waals surface area (Å²) in [7, 11) is 1.42. The molecule has 0 spiro atoms. The molecule has 0 atom stereocenters. The molecule has 1 aliphatic heterocycles. The summed E-state index contributed by atoms with van der Waals surface area (Å²) < 4.78 is 9.05. The van der Waals surface area contributed by atoms with Crippen molar-refractivity contribution < 1.29 is 9.53 Å². The number of rotatable bonds is 4. The van der Waals surface area contributed by atoms with Crippen LogP contribution in [0, 0.1) is 0 Å². The summed E-state index contributed by atoms with van der Waals surface area (Å²) >= 11 is 1.46. The van der Waals surface area contributed by atoms with Gasteiger partial charge in [-0.15, -0.1) is 0 Å². The molecule has 0 N–H and O–H groups in total. The summed E-state index contributed by atoms with van der Waals surface area (Å²) in [6, 6.07) is 0. The number of carbonyl (C=O) groups excluding carboxylic acids is 1. The summed E-state index contributed by atoms with van der Waals surface area (Å²) in [5.41, 5.74) is 0. The predicted molar refractivity (Wildman–Crippen MR) is 74.7 cm³/mol. The van der Waals surface area contributed by atoms with E-state index in [9.17, 15) is 4.79 Å². The first-order valence-electron chi connectivity index (χ1n) is 6.48. The van der Waals surface area contributed by atoms with Crippen molar-refractivity contribution in [2.45, 2.75) is 19.8 Å². The zero-order valence-corrected chi connectivity index (χ0v) is 12.4. The van der Waals surface area contributed by atoms with Gasteiger partial charge in [-0.1, -0.05) is 13.8 Å². The quantitative estimate of drug-likeness (QED) is 0.768. The first kappa shape index (κ1) is 14.2. The summed E-state index contributed by atoms with van der Waals surface area (Å²) in [4.78, 5) is 20.1. The molecule has 0 amide bonds. The van der Waals surface area contributed by atoms with Gasteiger partial charge in [0, 0.05) is 43.6 Å². The number of hydrogen-bond donors (Lipinski definition) is 0. The molecule has 1 aromatic rings. The highest BCUT2D eigenvalue weighted by atomic mass is 32.1. The first-order chi connectivity index (χ1) is 9.10. The summed E-state index contributed by atoms with van der Waals surface area (Å²) in [5.74, 6) is 1.11. The fourth-order valence-corrected chi connectivity index (χ4v) is 2.79. The molecule has 6 nitrogen and oxygen atoms in total. The van der Waals surface area contributed by atoms with Crippen LogP contribution in [0.2, 0.25) is 0 Å². The number of ether oxygens (including phenoxy) is 1. The van der Waals surface area contributed by atoms with E-state index < -0.39 is 0 Å². The van der Waals surface area contributed by atoms with Crippen LogP contribution in [0.3, 0.4) is 0 Å². The van der Waals surface area contributed by atoms with Crippen molar-refractivity contribution in [2.24, 2.45) is 0 Å². The van der Waals surface area contributed by atoms with Crippen LogP contribution in [0.25, 0.3) is 0 Å². The highest BCUT2D eigenvalue weighted by molar-refractivity contribution is 7.09. The fourth-order valence-electron chi connectivity index (χ4n) is 1.93. The second kappa shape index (κ2) is 6.29. The SMILES string of the molecule is COC(=O)CN1CCN(c2nc(C(C)C)ns2)CC1. The lowest BCUT2D eigenvalue weighted by Gasteiger charge is -2.33. The van der Waals surface area contributed by atoms with Crippen LogP contribution < -0.4 is 4.90 Å². The first-order valence-corrected chi connectivity index (χ1v) is 7.25. The van der Waals surface area contributed by atoms with E-state index in [0.29, 0.717) is 12.5 Å². The second-order valence-corrected chi connectivity index (χ2v) is 5.66. The molecule has 0 radical (unpaired) electrons. The lowest BCUT2D eigenvalue weighted by Crippen LogP contribution is -2.48. The number of piperazine rings is 1. The Bertz CT molecular complexity index is 427. The molecular weight excluding hydrogens is 264 g/mol. The van der Waals surface area contributed by atoms with Gasteiger partial charge >= 0.3 is 5.97 Å². The van der Waals surface area contributed by atoms with Crippen molar-refractivity contribution in [2.75, 3.05) is 44.7 Å². The van der Waals surface area contributed by atoms with Crippen LogP contribution in [-0.2, 0) is 9.53 Å². The molecule has 1 aliphatic rings. The third-order valence-corrected chi connectivity index (χ3v) is 3.96. The van der Waals surface area contributed by atoms with Crippen molar-refractivity contribution >= 4 is 22.6 Å². The Morgan fingerprint density at radius 2 is 2.05 bits per heavy atom. The van der Waals surface area contributed by atoms with Gasteiger partial charge in [0.05, 0.1) is 13.7 Å². The second-order valence-electron chi connectivity index (χ2n) is 4.93. The Morgan fingerprint density at radius 1 is 1.37 bits per heavy atom. The molecule has 0 bridgehead atoms. The molecular formula is C12H20N4O2S. The Morgan fingerprint density at radius 3 is 2.58 bits per heavy atom. The molecule has 19 heavy (non-hydrogen) atoms. The third kappa shape index (κ3) is 3.63. The van der Waals surface area contributed by atoms with Crippen LogP contribution in [-0.4, -0.2) is 60.1 Å². The van der Waals surface area contributed by atoms with Crippen LogP contribution in [0.15, 0.2) is 0 Å². The van der Waals surface area contributed by atoms with Gasteiger partial charge in [0.25, 0.3) is 0 Å². The fraction of sp³-hybridized carbons (Fsp3) is 0.750. The van der Waals surface area contributed by atoms with E-state index in [0.717, 1.165) is 37.1 Å². The minimum Gasteiger partial charge on any atom is -0.468 e. The molecule has 1 aromatic heterocycles. The van der Waals surface area contributed by atoms with Gasteiger partial charge in [0.2, 0.25) is 5.13 Å². The normalized spacial score (nSPS) is 16.9. The lowest BCUT2D eigenvalue weighted by molar-refractivity contribution is -0.142. The maximum absolute atomic E-state index is 11.2. The molecule has 0 aliphatic carbocycles. The van der Waals surface area contributed by atoms with Gasteiger partial charge in [0.1, 0.15) is 5.82 Å². The predicted octanol–water partition coefficient (Wildman–Crippen LogP) is 0.956. The van der Waals surface area contributed by atoms with E-state index in [4.69, 9.17) is 0 Å². The molecule has 7 heteroatoms. The molecule has 2 rings (SSSR count). The van der Waals surface area contributed by atoms with Crippen LogP contribution in [0.1, 0.15) is 25.6 Å². The number of methoxy groups -OCH3 is 1. The number of carbonyl (C=O) groups is 1. The van der Waals surface area contributed by atoms with Crippen LogP contribution >= 0.6 is 11.5 Å². The average molecular weight is 284 g/mol. The maximum atomic E-state index is 11.2. The number of anilines is 1. The van der Waals surface area contributed by atoms with E-state index >= 15 is 0 Å². The topological polar surface area (TPSA) is 58.6 Å². The van der Waals surface area contributed by atoms with Crippen molar-refractivity contribution in [3.8, 4) is 0 Å². The van der Waals surface area contributed by atoms with E-state index in [2.05, 4.69) is 37.7 Å². The van der Waals surface area contributed by atoms with Gasteiger partial charge in [-0.3, -0.25) is 9.69 Å². The number of esters is 1. The monoisotopic (exact) mass is 284 g/mol. The minimum atomic E-state index is -0.175. The summed E-state index contributed by atoms with van der Waals surface area (Å²) in [6.07, 6.45) is 0. The van der Waals surface area contributed by atoms with Gasteiger partial charge in [0.15, 0.2) is 0 Å². The molecule has 0 unspecified atom stereocenters. The Balaban J connectivity index is 1.87. The Labute approximate surface area is 117 Å². The van der Waals surface area contributed by atoms with Gasteiger partial charge in [-0.2, -0.15) is 4.37 Å². The Kier molecular flexibility index (Phi) is 4.71. The lowest BCUT2D eigenvalue weighted by atomic mass is 10.2. The zero-order valence-electron chi connectivity index (χ0n) is 11.6. The van der Waals surface area contributed by atoms with E-state index in [1.165, 1.54) is 18.6 Å². The molecule has 0 aromatic carbocycles. The number of nitrogens with zero attached hydrogens (tertiary/aromatic N) is 4. The summed E-state index contributed by atoms with van der Waals surface area (Å²) in [5, 5.41) is 0.987. The average Bonchev–Trinajstić information content (AvgIpc) is 2.89. The van der Waals surface area contributed by atoms with Gasteiger partial charge in [-0.05, 0) is 0 Å². The maximum Gasteiger partial charge on any atom is 0.319 e. The van der Waals surface area contributed by atoms with Crippen LogP contribution in [0.4, 0.5) is 5.13 Å². The molecule has 106 valence electrons. The molecule has 2 heterocycles. The van der Waals surface area contributed by atoms with Crippen molar-refractivity contribution in [3.05, 3.63) is 5.82 Å². The third-order valence-electron chi connectivity index (χ3n) is 3.17. The van der Waals surface area contributed by atoms with Crippen molar-refractivity contribution in [1.29, 1.82) is 0 Å². The standard InChI is InChI=1S/C12H20N4O2S/c1-9(2)11-13-12(19-14-11)16-6-4-15(5-7-16)8-10(17)18-3/h9H,4-8H2,1-3H3. The Hall–Kier alpha value is -1.21. The molecule has 1 saturated heterocycles. The smallest absolute Gasteiger partial charge is 0.319 e. The van der Waals surface area contributed by atoms with Gasteiger partial charge < -0.3 is 9.64 Å². The number of aromatic nitrogens is 2. The molecule has 0 saturated carbocycles. The van der Waals surface area contributed by atoms with Crippen molar-refractivity contribution in [1.82, 2.24) is 14.3 Å². The van der Waals surface area contributed by atoms with Gasteiger partial charge in [-0.25, -0.2) is 4.98 Å². The van der Waals surface area contributed by atoms with E-state index in [-0.39, 0.29) is 5.97 Å². The van der Waals surface area contributed by atoms with Crippen LogP contribution in [0.5, 0.6) is 0 Å². The van der Waals surface area contributed by atoms with E-state index in [1.54, 1.807) is 0 Å². The zero-order chi connectivity index (χ0) is 13.8. The highest BCUT2D eigenvalue weighted by Gasteiger charge is 2.22. The van der Waals surface area contributed by atoms with Crippen molar-refractivity contribution in [3.63, 3.8) is 0 Å². The van der Waals surface area contributed by atoms with E-state index in [1.807, 2.05) is 0 Å². The minimum absolute atomic E-state index is 0.175. The largest absolute Gasteiger partial charge is 0.468 e. The molecule has 1 fully saturated rings. The number of hydrogen-bond acceptors (Lipinski definition) is 7. The summed E-state index contributed by atoms with van der Waals surface area (Å²) in [6.45, 7) is 8.03.